The molecule has 2 aromatic heterocycles. The number of esters is 1. The van der Waals surface area contributed by atoms with E-state index in [9.17, 15) is 18.0 Å². The van der Waals surface area contributed by atoms with Crippen LogP contribution in [-0.4, -0.2) is 49.2 Å². The maximum atomic E-state index is 12.6. The van der Waals surface area contributed by atoms with Gasteiger partial charge in [0, 0.05) is 31.9 Å². The van der Waals surface area contributed by atoms with Gasteiger partial charge in [-0.1, -0.05) is 6.07 Å². The normalized spacial score (nSPS) is 15.9. The third-order valence-electron chi connectivity index (χ3n) is 4.71. The molecule has 0 aliphatic carbocycles. The van der Waals surface area contributed by atoms with Crippen molar-refractivity contribution in [1.29, 1.82) is 0 Å². The van der Waals surface area contributed by atoms with Gasteiger partial charge in [-0.2, -0.15) is 4.31 Å². The van der Waals surface area contributed by atoms with Gasteiger partial charge in [-0.3, -0.25) is 14.5 Å². The minimum Gasteiger partial charge on any atom is -0.459 e. The summed E-state index contributed by atoms with van der Waals surface area (Å²) in [7, 11) is -3.48. The lowest BCUT2D eigenvalue weighted by Crippen LogP contribution is -2.40. The number of hydrogen-bond acceptors (Lipinski definition) is 8. The molecule has 1 aliphatic rings. The number of thiazole rings is 1. The highest BCUT2D eigenvalue weighted by Gasteiger charge is 2.33. The third-order valence-corrected chi connectivity index (χ3v) is 8.89. The summed E-state index contributed by atoms with van der Waals surface area (Å²) >= 11 is 2.52. The molecule has 3 heterocycles. The van der Waals surface area contributed by atoms with Crippen LogP contribution in [0.1, 0.15) is 32.4 Å². The molecular weight excluding hydrogens is 434 g/mol. The summed E-state index contributed by atoms with van der Waals surface area (Å²) in [5.41, 5.74) is 0.593. The fraction of sp³-hybridized carbons (Fsp3) is 0.500. The van der Waals surface area contributed by atoms with Crippen LogP contribution in [0.3, 0.4) is 0 Å². The lowest BCUT2D eigenvalue weighted by Gasteiger charge is -2.29. The first-order chi connectivity index (χ1) is 13.8. The van der Waals surface area contributed by atoms with Crippen molar-refractivity contribution in [2.24, 2.45) is 5.92 Å². The van der Waals surface area contributed by atoms with E-state index in [1.54, 1.807) is 27.8 Å². The number of hydrogen-bond donors (Lipinski definition) is 0. The number of thiophene rings is 1. The van der Waals surface area contributed by atoms with Gasteiger partial charge < -0.3 is 4.74 Å². The van der Waals surface area contributed by atoms with Gasteiger partial charge in [0.25, 0.3) is 10.0 Å². The molecule has 0 N–H and O–H groups in total. The number of anilines is 1. The standard InChI is InChI=1S/C18H23N3O5S3/c1-3-21(13(2)22)18-19-15(12-28-18)11-26-17(23)14-6-8-20(9-7-14)29(24,25)16-5-4-10-27-16/h4-5,10,12,14H,3,6-9,11H2,1-2H3. The molecule has 0 spiro atoms. The van der Waals surface area contributed by atoms with Crippen LogP contribution in [0.4, 0.5) is 5.13 Å². The summed E-state index contributed by atoms with van der Waals surface area (Å²) in [6.07, 6.45) is 0.861. The molecule has 29 heavy (non-hydrogen) atoms. The lowest BCUT2D eigenvalue weighted by molar-refractivity contribution is -0.151. The van der Waals surface area contributed by atoms with Crippen LogP contribution >= 0.6 is 22.7 Å². The van der Waals surface area contributed by atoms with Gasteiger partial charge in [0.2, 0.25) is 5.91 Å². The Morgan fingerprint density at radius 1 is 1.31 bits per heavy atom. The Kier molecular flexibility index (Phi) is 7.04. The van der Waals surface area contributed by atoms with Crippen molar-refractivity contribution in [3.63, 3.8) is 0 Å². The highest BCUT2D eigenvalue weighted by atomic mass is 32.2. The van der Waals surface area contributed by atoms with Gasteiger partial charge in [-0.25, -0.2) is 13.4 Å². The van der Waals surface area contributed by atoms with Crippen LogP contribution in [0.15, 0.2) is 27.1 Å². The fourth-order valence-electron chi connectivity index (χ4n) is 3.11. The molecule has 0 bridgehead atoms. The van der Waals surface area contributed by atoms with Crippen LogP contribution in [0.25, 0.3) is 0 Å². The Morgan fingerprint density at radius 3 is 2.62 bits per heavy atom. The van der Waals surface area contributed by atoms with Crippen molar-refractivity contribution in [3.8, 4) is 0 Å². The SMILES string of the molecule is CCN(C(C)=O)c1nc(COC(=O)C2CCN(S(=O)(=O)c3cccs3)CC2)cs1. The third kappa shape index (κ3) is 5.03. The molecular formula is C18H23N3O5S3. The molecule has 1 saturated heterocycles. The summed E-state index contributed by atoms with van der Waals surface area (Å²) in [5.74, 6) is -0.756. The van der Waals surface area contributed by atoms with Crippen molar-refractivity contribution < 1.29 is 22.7 Å². The van der Waals surface area contributed by atoms with Gasteiger partial charge in [-0.15, -0.1) is 22.7 Å². The first-order valence-electron chi connectivity index (χ1n) is 9.25. The Morgan fingerprint density at radius 2 is 2.03 bits per heavy atom. The minimum atomic E-state index is -3.48. The van der Waals surface area contributed by atoms with Crippen molar-refractivity contribution in [2.75, 3.05) is 24.5 Å². The molecule has 1 aliphatic heterocycles. The number of sulfonamides is 1. The summed E-state index contributed by atoms with van der Waals surface area (Å²) in [4.78, 5) is 29.9. The van der Waals surface area contributed by atoms with Crippen LogP contribution in [-0.2, 0) is 31.0 Å². The number of ether oxygens (including phenoxy) is 1. The van der Waals surface area contributed by atoms with E-state index in [0.29, 0.717) is 47.5 Å². The second-order valence-corrected chi connectivity index (χ2v) is 10.6. The molecule has 8 nitrogen and oxygen atoms in total. The largest absolute Gasteiger partial charge is 0.459 e. The maximum absolute atomic E-state index is 12.6. The van der Waals surface area contributed by atoms with Crippen LogP contribution in [0.5, 0.6) is 0 Å². The van der Waals surface area contributed by atoms with E-state index in [4.69, 9.17) is 4.74 Å². The highest BCUT2D eigenvalue weighted by molar-refractivity contribution is 7.91. The molecule has 3 rings (SSSR count). The molecule has 0 unspecified atom stereocenters. The number of nitrogens with zero attached hydrogens (tertiary/aromatic N) is 3. The van der Waals surface area contributed by atoms with Gasteiger partial charge >= 0.3 is 5.97 Å². The number of piperidine rings is 1. The highest BCUT2D eigenvalue weighted by Crippen LogP contribution is 2.27. The minimum absolute atomic E-state index is 0.0402. The van der Waals surface area contributed by atoms with E-state index < -0.39 is 10.0 Å². The van der Waals surface area contributed by atoms with Crippen LogP contribution < -0.4 is 4.90 Å². The summed E-state index contributed by atoms with van der Waals surface area (Å²) in [5, 5.41) is 4.08. The molecule has 158 valence electrons. The van der Waals surface area contributed by atoms with E-state index in [1.807, 2.05) is 6.92 Å². The van der Waals surface area contributed by atoms with E-state index in [-0.39, 0.29) is 24.4 Å². The fourth-order valence-corrected chi connectivity index (χ4v) is 6.64. The van der Waals surface area contributed by atoms with E-state index >= 15 is 0 Å². The lowest BCUT2D eigenvalue weighted by atomic mass is 9.98. The Bertz CT molecular complexity index is 947. The van der Waals surface area contributed by atoms with E-state index in [2.05, 4.69) is 4.98 Å². The van der Waals surface area contributed by atoms with Gasteiger partial charge in [0.1, 0.15) is 10.8 Å². The van der Waals surface area contributed by atoms with Gasteiger partial charge in [0.05, 0.1) is 11.6 Å². The number of aromatic nitrogens is 1. The second kappa shape index (κ2) is 9.33. The van der Waals surface area contributed by atoms with Crippen molar-refractivity contribution in [2.45, 2.75) is 37.5 Å². The average Bonchev–Trinajstić information content (AvgIpc) is 3.39. The predicted molar refractivity (Wildman–Crippen MR) is 111 cm³/mol. The molecule has 0 aromatic carbocycles. The summed E-state index contributed by atoms with van der Waals surface area (Å²) in [6, 6.07) is 3.30. The zero-order valence-corrected chi connectivity index (χ0v) is 18.7. The van der Waals surface area contributed by atoms with Crippen molar-refractivity contribution in [3.05, 3.63) is 28.6 Å². The van der Waals surface area contributed by atoms with Crippen molar-refractivity contribution >= 4 is 49.7 Å². The molecule has 1 amide bonds. The number of rotatable bonds is 7. The van der Waals surface area contributed by atoms with Crippen molar-refractivity contribution in [1.82, 2.24) is 9.29 Å². The van der Waals surface area contributed by atoms with Gasteiger partial charge in [0.15, 0.2) is 5.13 Å². The quantitative estimate of drug-likeness (QED) is 0.593. The molecule has 0 atom stereocenters. The Labute approximate surface area is 178 Å². The van der Waals surface area contributed by atoms with Gasteiger partial charge in [-0.05, 0) is 31.2 Å². The smallest absolute Gasteiger partial charge is 0.309 e. The van der Waals surface area contributed by atoms with Crippen LogP contribution in [0.2, 0.25) is 0 Å². The van der Waals surface area contributed by atoms with E-state index in [0.717, 1.165) is 0 Å². The summed E-state index contributed by atoms with van der Waals surface area (Å²) < 4.78 is 32.2. The molecule has 0 saturated carbocycles. The zero-order chi connectivity index (χ0) is 21.0. The first-order valence-corrected chi connectivity index (χ1v) is 12.5. The Hall–Kier alpha value is -1.82. The number of carbonyl (C=O) groups excluding carboxylic acids is 2. The zero-order valence-electron chi connectivity index (χ0n) is 16.2. The average molecular weight is 458 g/mol. The van der Waals surface area contributed by atoms with E-state index in [1.165, 1.54) is 33.9 Å². The Balaban J connectivity index is 1.51. The monoisotopic (exact) mass is 457 g/mol. The number of amides is 1. The number of carbonyl (C=O) groups is 2. The molecule has 2 aromatic rings. The molecule has 1 fully saturated rings. The van der Waals surface area contributed by atoms with Crippen LogP contribution in [0, 0.1) is 5.92 Å². The maximum Gasteiger partial charge on any atom is 0.309 e. The first kappa shape index (κ1) is 21.9. The molecule has 11 heteroatoms. The predicted octanol–water partition coefficient (Wildman–Crippen LogP) is 2.72. The molecule has 0 radical (unpaired) electrons. The summed E-state index contributed by atoms with van der Waals surface area (Å²) in [6.45, 7) is 4.51. The second-order valence-electron chi connectivity index (χ2n) is 6.60. The topological polar surface area (TPSA) is 96.9 Å².